The van der Waals surface area contributed by atoms with Crippen molar-refractivity contribution >= 4 is 17.6 Å². The van der Waals surface area contributed by atoms with Gasteiger partial charge < -0.3 is 5.32 Å². The lowest BCUT2D eigenvalue weighted by Crippen LogP contribution is -2.17. The molecule has 3 heteroatoms. The fourth-order valence-electron chi connectivity index (χ4n) is 1.48. The van der Waals surface area contributed by atoms with Crippen LogP contribution in [-0.4, -0.2) is 22.5 Å². The van der Waals surface area contributed by atoms with E-state index in [0.29, 0.717) is 4.75 Å². The highest BCUT2D eigenvalue weighted by atomic mass is 32.2. The predicted molar refractivity (Wildman–Crippen MR) is 62.9 cm³/mol. The first-order chi connectivity index (χ1) is 6.74. The topological polar surface area (TPSA) is 24.9 Å². The van der Waals surface area contributed by atoms with Crippen LogP contribution in [0.3, 0.4) is 0 Å². The first-order valence-corrected chi connectivity index (χ1v) is 6.18. The Balaban J connectivity index is 1.92. The molecule has 1 heterocycles. The molecule has 2 rings (SSSR count). The van der Waals surface area contributed by atoms with Crippen LogP contribution in [0.4, 0.5) is 5.82 Å². The molecule has 0 unspecified atom stereocenters. The van der Waals surface area contributed by atoms with Crippen LogP contribution in [0, 0.1) is 6.92 Å². The average molecular weight is 208 g/mol. The molecule has 1 aromatic heterocycles. The average Bonchev–Trinajstić information content (AvgIpc) is 2.96. The third-order valence-corrected chi connectivity index (χ3v) is 4.17. The smallest absolute Gasteiger partial charge is 0.126 e. The monoisotopic (exact) mass is 208 g/mol. The van der Waals surface area contributed by atoms with E-state index >= 15 is 0 Å². The van der Waals surface area contributed by atoms with Crippen LogP contribution >= 0.6 is 11.8 Å². The molecular formula is C11H16N2S. The summed E-state index contributed by atoms with van der Waals surface area (Å²) in [6.07, 6.45) is 6.73. The number of hydrogen-bond acceptors (Lipinski definition) is 3. The molecule has 1 aliphatic rings. The molecule has 0 amide bonds. The van der Waals surface area contributed by atoms with Gasteiger partial charge in [-0.1, -0.05) is 0 Å². The van der Waals surface area contributed by atoms with Gasteiger partial charge in [0.2, 0.25) is 0 Å². The highest BCUT2D eigenvalue weighted by Crippen LogP contribution is 2.46. The quantitative estimate of drug-likeness (QED) is 0.823. The molecule has 0 aliphatic heterocycles. The molecule has 0 radical (unpaired) electrons. The van der Waals surface area contributed by atoms with E-state index in [4.69, 9.17) is 0 Å². The van der Waals surface area contributed by atoms with Crippen LogP contribution in [-0.2, 0) is 0 Å². The zero-order valence-electron chi connectivity index (χ0n) is 8.71. The van der Waals surface area contributed by atoms with Gasteiger partial charge in [-0.15, -0.1) is 0 Å². The number of nitrogens with one attached hydrogen (secondary N) is 1. The Kier molecular flexibility index (Phi) is 2.68. The number of thioether (sulfide) groups is 1. The number of hydrogen-bond donors (Lipinski definition) is 1. The summed E-state index contributed by atoms with van der Waals surface area (Å²) in [5.74, 6) is 1.00. The molecule has 0 spiro atoms. The van der Waals surface area contributed by atoms with Crippen LogP contribution < -0.4 is 5.32 Å². The van der Waals surface area contributed by atoms with Gasteiger partial charge in [-0.3, -0.25) is 0 Å². The van der Waals surface area contributed by atoms with Gasteiger partial charge >= 0.3 is 0 Å². The molecule has 76 valence electrons. The van der Waals surface area contributed by atoms with Crippen molar-refractivity contribution in [1.29, 1.82) is 0 Å². The first-order valence-electron chi connectivity index (χ1n) is 4.96. The molecular weight excluding hydrogens is 192 g/mol. The Morgan fingerprint density at radius 3 is 2.93 bits per heavy atom. The Hall–Kier alpha value is -0.700. The summed E-state index contributed by atoms with van der Waals surface area (Å²) in [5, 5.41) is 3.41. The number of anilines is 1. The second kappa shape index (κ2) is 3.81. The summed E-state index contributed by atoms with van der Waals surface area (Å²) in [6, 6.07) is 4.11. The lowest BCUT2D eigenvalue weighted by molar-refractivity contribution is 0.940. The van der Waals surface area contributed by atoms with Gasteiger partial charge in [-0.25, -0.2) is 4.98 Å². The predicted octanol–water partition coefficient (Wildman–Crippen LogP) is 2.70. The summed E-state index contributed by atoms with van der Waals surface area (Å²) in [6.45, 7) is 3.14. The second-order valence-electron chi connectivity index (χ2n) is 3.96. The third-order valence-electron chi connectivity index (χ3n) is 2.75. The van der Waals surface area contributed by atoms with E-state index in [-0.39, 0.29) is 0 Å². The molecule has 0 bridgehead atoms. The zero-order chi connectivity index (χ0) is 10.0. The van der Waals surface area contributed by atoms with E-state index in [9.17, 15) is 0 Å². The lowest BCUT2D eigenvalue weighted by Gasteiger charge is -2.13. The van der Waals surface area contributed by atoms with Gasteiger partial charge in [-0.05, 0) is 43.7 Å². The van der Waals surface area contributed by atoms with Crippen molar-refractivity contribution in [3.63, 3.8) is 0 Å². The summed E-state index contributed by atoms with van der Waals surface area (Å²) < 4.78 is 0.505. The van der Waals surface area contributed by atoms with Gasteiger partial charge in [0, 0.05) is 17.5 Å². The van der Waals surface area contributed by atoms with Crippen molar-refractivity contribution in [2.75, 3.05) is 18.1 Å². The minimum absolute atomic E-state index is 0.505. The summed E-state index contributed by atoms with van der Waals surface area (Å²) in [5.41, 5.74) is 1.26. The molecule has 1 aliphatic carbocycles. The van der Waals surface area contributed by atoms with Crippen LogP contribution in [0.1, 0.15) is 18.4 Å². The van der Waals surface area contributed by atoms with Crippen molar-refractivity contribution < 1.29 is 0 Å². The molecule has 1 saturated carbocycles. The Bertz CT molecular complexity index is 321. The van der Waals surface area contributed by atoms with E-state index in [1.165, 1.54) is 18.4 Å². The highest BCUT2D eigenvalue weighted by Gasteiger charge is 2.41. The fraction of sp³-hybridized carbons (Fsp3) is 0.545. The molecule has 0 saturated heterocycles. The van der Waals surface area contributed by atoms with Gasteiger partial charge in [0.15, 0.2) is 0 Å². The molecule has 2 nitrogen and oxygen atoms in total. The first kappa shape index (κ1) is 9.84. The fourth-order valence-corrected chi connectivity index (χ4v) is 2.20. The molecule has 1 N–H and O–H groups in total. The van der Waals surface area contributed by atoms with Crippen molar-refractivity contribution in [2.24, 2.45) is 0 Å². The van der Waals surface area contributed by atoms with E-state index in [0.717, 1.165) is 12.4 Å². The highest BCUT2D eigenvalue weighted by molar-refractivity contribution is 8.00. The molecule has 1 aromatic rings. The van der Waals surface area contributed by atoms with Gasteiger partial charge in [0.1, 0.15) is 5.82 Å². The number of aryl methyl sites for hydroxylation is 1. The number of nitrogens with zero attached hydrogens (tertiary/aromatic N) is 1. The maximum Gasteiger partial charge on any atom is 0.126 e. The number of aromatic nitrogens is 1. The maximum atomic E-state index is 4.28. The molecule has 14 heavy (non-hydrogen) atoms. The van der Waals surface area contributed by atoms with E-state index in [1.807, 2.05) is 24.0 Å². The van der Waals surface area contributed by atoms with E-state index < -0.39 is 0 Å². The summed E-state index contributed by atoms with van der Waals surface area (Å²) >= 11 is 1.97. The Labute approximate surface area is 89.5 Å². The summed E-state index contributed by atoms with van der Waals surface area (Å²) in [7, 11) is 0. The van der Waals surface area contributed by atoms with Crippen molar-refractivity contribution in [1.82, 2.24) is 4.98 Å². The van der Waals surface area contributed by atoms with Crippen molar-refractivity contribution in [2.45, 2.75) is 24.5 Å². The Morgan fingerprint density at radius 1 is 1.57 bits per heavy atom. The molecule has 0 aromatic carbocycles. The van der Waals surface area contributed by atoms with Crippen LogP contribution in [0.25, 0.3) is 0 Å². The largest absolute Gasteiger partial charge is 0.369 e. The van der Waals surface area contributed by atoms with Crippen molar-refractivity contribution in [3.05, 3.63) is 23.9 Å². The SMILES string of the molecule is CSC1(CNc2cc(C)ccn2)CC1. The Morgan fingerprint density at radius 2 is 2.36 bits per heavy atom. The van der Waals surface area contributed by atoms with Crippen LogP contribution in [0.2, 0.25) is 0 Å². The van der Waals surface area contributed by atoms with Gasteiger partial charge in [0.05, 0.1) is 0 Å². The third kappa shape index (κ3) is 2.21. The summed E-state index contributed by atoms with van der Waals surface area (Å²) in [4.78, 5) is 4.28. The van der Waals surface area contributed by atoms with Crippen molar-refractivity contribution in [3.8, 4) is 0 Å². The minimum Gasteiger partial charge on any atom is -0.369 e. The zero-order valence-corrected chi connectivity index (χ0v) is 9.53. The second-order valence-corrected chi connectivity index (χ2v) is 5.23. The van der Waals surface area contributed by atoms with E-state index in [2.05, 4.69) is 29.5 Å². The number of pyridine rings is 1. The van der Waals surface area contributed by atoms with E-state index in [1.54, 1.807) is 0 Å². The number of rotatable bonds is 4. The molecule has 0 atom stereocenters. The lowest BCUT2D eigenvalue weighted by atomic mass is 10.3. The van der Waals surface area contributed by atoms with Crippen LogP contribution in [0.15, 0.2) is 18.3 Å². The van der Waals surface area contributed by atoms with Crippen LogP contribution in [0.5, 0.6) is 0 Å². The standard InChI is InChI=1S/C11H16N2S/c1-9-3-6-12-10(7-9)13-8-11(14-2)4-5-11/h3,6-7H,4-5,8H2,1-2H3,(H,12,13). The molecule has 1 fully saturated rings. The minimum atomic E-state index is 0.505. The normalized spacial score (nSPS) is 17.9. The van der Waals surface area contributed by atoms with Gasteiger partial charge in [0.25, 0.3) is 0 Å². The maximum absolute atomic E-state index is 4.28. The van der Waals surface area contributed by atoms with Gasteiger partial charge in [-0.2, -0.15) is 11.8 Å².